The number of primary amides is 2. The van der Waals surface area contributed by atoms with Crippen LogP contribution in [0.25, 0.3) is 0 Å². The van der Waals surface area contributed by atoms with E-state index < -0.39 is 23.5 Å². The van der Waals surface area contributed by atoms with Crippen molar-refractivity contribution in [3.8, 4) is 0 Å². The van der Waals surface area contributed by atoms with Crippen molar-refractivity contribution in [2.45, 2.75) is 11.7 Å². The number of rotatable bonds is 3. The van der Waals surface area contributed by atoms with Gasteiger partial charge < -0.3 is 16.2 Å². The van der Waals surface area contributed by atoms with E-state index in [1.54, 1.807) is 12.1 Å². The van der Waals surface area contributed by atoms with Gasteiger partial charge in [0, 0.05) is 15.6 Å². The first-order valence-corrected chi connectivity index (χ1v) is 5.37. The van der Waals surface area contributed by atoms with Gasteiger partial charge in [-0.3, -0.25) is 9.59 Å². The normalized spacial score (nSPS) is 20.9. The van der Waals surface area contributed by atoms with Crippen LogP contribution in [0.3, 0.4) is 0 Å². The van der Waals surface area contributed by atoms with Gasteiger partial charge in [-0.1, -0.05) is 29.3 Å². The molecule has 5 nitrogen and oxygen atoms in total. The smallest absolute Gasteiger partial charge is 0.262 e. The zero-order valence-corrected chi connectivity index (χ0v) is 9.96. The van der Waals surface area contributed by atoms with E-state index in [0.29, 0.717) is 10.6 Å². The molecule has 1 fully saturated rings. The standard InChI is InChI=1S/C10H8Cl2N2O3/c11-4-1-2-5(6(12)3-4)7-10(17-7,8(13)15)9(14)16/h1-3,7H,(H2,13,15)(H2,14,16)/t7-/m0/s1. The Hall–Kier alpha value is -1.30. The van der Waals surface area contributed by atoms with Crippen molar-refractivity contribution in [1.82, 2.24) is 0 Å². The highest BCUT2D eigenvalue weighted by atomic mass is 35.5. The lowest BCUT2D eigenvalue weighted by atomic mass is 9.98. The summed E-state index contributed by atoms with van der Waals surface area (Å²) >= 11 is 11.7. The lowest BCUT2D eigenvalue weighted by Gasteiger charge is -2.05. The first-order chi connectivity index (χ1) is 7.89. The third-order valence-electron chi connectivity index (χ3n) is 2.59. The maximum atomic E-state index is 11.2. The minimum Gasteiger partial charge on any atom is -0.367 e. The number of hydrogen-bond donors (Lipinski definition) is 2. The van der Waals surface area contributed by atoms with Gasteiger partial charge in [-0.2, -0.15) is 0 Å². The van der Waals surface area contributed by atoms with Gasteiger partial charge in [-0.05, 0) is 12.1 Å². The van der Waals surface area contributed by atoms with Crippen molar-refractivity contribution < 1.29 is 14.3 Å². The minimum absolute atomic E-state index is 0.284. The number of nitrogens with two attached hydrogens (primary N) is 2. The summed E-state index contributed by atoms with van der Waals surface area (Å²) in [5.74, 6) is -1.86. The second-order valence-corrected chi connectivity index (χ2v) is 4.47. The summed E-state index contributed by atoms with van der Waals surface area (Å²) in [5.41, 5.74) is 8.87. The molecule has 0 aromatic heterocycles. The summed E-state index contributed by atoms with van der Waals surface area (Å²) in [6.07, 6.45) is -0.845. The summed E-state index contributed by atoms with van der Waals surface area (Å²) in [6, 6.07) is 4.60. The third kappa shape index (κ3) is 1.76. The zero-order chi connectivity index (χ0) is 12.8. The fourth-order valence-corrected chi connectivity index (χ4v) is 2.15. The predicted octanol–water partition coefficient (Wildman–Crippen LogP) is 0.774. The lowest BCUT2D eigenvalue weighted by Crippen LogP contribution is -2.44. The SMILES string of the molecule is NC(=O)C1(C(N)=O)O[C@H]1c1ccc(Cl)cc1Cl. The minimum atomic E-state index is -1.79. The summed E-state index contributed by atoms with van der Waals surface area (Å²) in [6.45, 7) is 0. The molecule has 0 bridgehead atoms. The molecule has 1 aliphatic rings. The van der Waals surface area contributed by atoms with Gasteiger partial charge in [0.25, 0.3) is 17.4 Å². The van der Waals surface area contributed by atoms with Gasteiger partial charge in [0.05, 0.1) is 0 Å². The van der Waals surface area contributed by atoms with Crippen LogP contribution in [-0.4, -0.2) is 17.4 Å². The van der Waals surface area contributed by atoms with Crippen LogP contribution in [-0.2, 0) is 14.3 Å². The molecular weight excluding hydrogens is 267 g/mol. The first-order valence-electron chi connectivity index (χ1n) is 4.62. The van der Waals surface area contributed by atoms with E-state index in [2.05, 4.69) is 0 Å². The summed E-state index contributed by atoms with van der Waals surface area (Å²) in [5, 5.41) is 0.718. The molecule has 90 valence electrons. The third-order valence-corrected chi connectivity index (χ3v) is 3.16. The number of carbonyl (C=O) groups excluding carboxylic acids is 2. The van der Waals surface area contributed by atoms with Crippen molar-refractivity contribution in [2.24, 2.45) is 11.5 Å². The molecule has 0 spiro atoms. The first kappa shape index (κ1) is 12.2. The maximum absolute atomic E-state index is 11.2. The van der Waals surface area contributed by atoms with E-state index in [0.717, 1.165) is 0 Å². The summed E-state index contributed by atoms with van der Waals surface area (Å²) in [4.78, 5) is 22.4. The Morgan fingerprint density at radius 1 is 1.24 bits per heavy atom. The fourth-order valence-electron chi connectivity index (χ4n) is 1.64. The molecule has 1 heterocycles. The Bertz CT molecular complexity index is 504. The quantitative estimate of drug-likeness (QED) is 0.629. The molecule has 1 aromatic rings. The molecular formula is C10H8Cl2N2O3. The monoisotopic (exact) mass is 274 g/mol. The number of benzene rings is 1. The van der Waals surface area contributed by atoms with E-state index in [1.807, 2.05) is 0 Å². The zero-order valence-electron chi connectivity index (χ0n) is 8.44. The Morgan fingerprint density at radius 3 is 2.24 bits per heavy atom. The Balaban J connectivity index is 2.39. The number of hydrogen-bond acceptors (Lipinski definition) is 3. The Morgan fingerprint density at radius 2 is 1.82 bits per heavy atom. The van der Waals surface area contributed by atoms with Crippen molar-refractivity contribution in [1.29, 1.82) is 0 Å². The van der Waals surface area contributed by atoms with Crippen LogP contribution in [0.1, 0.15) is 11.7 Å². The molecule has 0 unspecified atom stereocenters. The molecule has 2 rings (SSSR count). The van der Waals surface area contributed by atoms with E-state index in [-0.39, 0.29) is 5.02 Å². The number of carbonyl (C=O) groups is 2. The van der Waals surface area contributed by atoms with Gasteiger partial charge in [-0.25, -0.2) is 0 Å². The van der Waals surface area contributed by atoms with E-state index in [4.69, 9.17) is 39.4 Å². The van der Waals surface area contributed by atoms with E-state index >= 15 is 0 Å². The van der Waals surface area contributed by atoms with Crippen LogP contribution >= 0.6 is 23.2 Å². The van der Waals surface area contributed by atoms with Gasteiger partial charge >= 0.3 is 0 Å². The molecule has 1 atom stereocenters. The van der Waals surface area contributed by atoms with Crippen LogP contribution in [0.5, 0.6) is 0 Å². The van der Waals surface area contributed by atoms with Crippen LogP contribution in [0.2, 0.25) is 10.0 Å². The molecule has 0 aliphatic carbocycles. The Kier molecular flexibility index (Phi) is 2.77. The van der Waals surface area contributed by atoms with E-state index in [1.165, 1.54) is 6.07 Å². The number of amides is 2. The van der Waals surface area contributed by atoms with Crippen LogP contribution in [0, 0.1) is 0 Å². The van der Waals surface area contributed by atoms with Crippen molar-refractivity contribution in [2.75, 3.05) is 0 Å². The van der Waals surface area contributed by atoms with Crippen molar-refractivity contribution in [3.05, 3.63) is 33.8 Å². The number of epoxide rings is 1. The van der Waals surface area contributed by atoms with Crippen molar-refractivity contribution >= 4 is 35.0 Å². The topological polar surface area (TPSA) is 98.7 Å². The molecule has 1 saturated heterocycles. The van der Waals surface area contributed by atoms with Crippen LogP contribution in [0.4, 0.5) is 0 Å². The molecule has 1 aromatic carbocycles. The molecule has 1 aliphatic heterocycles. The molecule has 7 heteroatoms. The van der Waals surface area contributed by atoms with Gasteiger partial charge in [0.15, 0.2) is 0 Å². The van der Waals surface area contributed by atoms with Gasteiger partial charge in [0.2, 0.25) is 0 Å². The fraction of sp³-hybridized carbons (Fsp3) is 0.200. The lowest BCUT2D eigenvalue weighted by molar-refractivity contribution is -0.133. The van der Waals surface area contributed by atoms with Gasteiger partial charge in [-0.15, -0.1) is 0 Å². The summed E-state index contributed by atoms with van der Waals surface area (Å²) < 4.78 is 5.06. The molecule has 2 amide bonds. The van der Waals surface area contributed by atoms with Gasteiger partial charge in [0.1, 0.15) is 6.10 Å². The second kappa shape index (κ2) is 3.87. The van der Waals surface area contributed by atoms with E-state index in [9.17, 15) is 9.59 Å². The van der Waals surface area contributed by atoms with Crippen molar-refractivity contribution in [3.63, 3.8) is 0 Å². The molecule has 0 radical (unpaired) electrons. The van der Waals surface area contributed by atoms with Crippen LogP contribution in [0.15, 0.2) is 18.2 Å². The highest BCUT2D eigenvalue weighted by Gasteiger charge is 2.67. The summed E-state index contributed by atoms with van der Waals surface area (Å²) in [7, 11) is 0. The maximum Gasteiger partial charge on any atom is 0.262 e. The second-order valence-electron chi connectivity index (χ2n) is 3.63. The molecule has 4 N–H and O–H groups in total. The highest BCUT2D eigenvalue weighted by Crippen LogP contribution is 2.51. The Labute approximate surface area is 107 Å². The average Bonchev–Trinajstić information content (AvgIpc) is 2.93. The largest absolute Gasteiger partial charge is 0.367 e. The average molecular weight is 275 g/mol. The molecule has 17 heavy (non-hydrogen) atoms. The highest BCUT2D eigenvalue weighted by molar-refractivity contribution is 6.35. The number of halogens is 2. The number of ether oxygens (including phenoxy) is 1. The predicted molar refractivity (Wildman–Crippen MR) is 61.4 cm³/mol. The van der Waals surface area contributed by atoms with Crippen LogP contribution < -0.4 is 11.5 Å². The molecule has 0 saturated carbocycles.